The molecule has 3 nitrogen and oxygen atoms in total. The molecule has 0 amide bonds. The van der Waals surface area contributed by atoms with Crippen LogP contribution in [0.3, 0.4) is 0 Å². The molecule has 0 saturated carbocycles. The summed E-state index contributed by atoms with van der Waals surface area (Å²) >= 11 is 3.83. The maximum Gasteiger partial charge on any atom is 0.0786 e. The van der Waals surface area contributed by atoms with Crippen LogP contribution in [0.5, 0.6) is 0 Å². The van der Waals surface area contributed by atoms with Crippen LogP contribution in [0.1, 0.15) is 0 Å². The van der Waals surface area contributed by atoms with Crippen LogP contribution >= 0.6 is 12.6 Å². The predicted molar refractivity (Wildman–Crippen MR) is 27.1 cm³/mol. The summed E-state index contributed by atoms with van der Waals surface area (Å²) in [6.45, 7) is 0.541. The average Bonchev–Trinajstić information content (AvgIpc) is 1.61. The van der Waals surface area contributed by atoms with E-state index in [9.17, 15) is 0 Å². The molecular formula is C2H8N2OS. The van der Waals surface area contributed by atoms with Gasteiger partial charge in [0.15, 0.2) is 0 Å². The second-order valence-corrected chi connectivity index (χ2v) is 1.14. The topological polar surface area (TPSA) is 47.3 Å². The van der Waals surface area contributed by atoms with Gasteiger partial charge in [0.25, 0.3) is 0 Å². The molecule has 0 rings (SSSR count). The Morgan fingerprint density at radius 1 is 1.83 bits per heavy atom. The lowest BCUT2D eigenvalue weighted by atomic mass is 10.9. The highest BCUT2D eigenvalue weighted by Gasteiger charge is 1.72. The molecule has 0 spiro atoms. The van der Waals surface area contributed by atoms with Gasteiger partial charge >= 0.3 is 0 Å². The highest BCUT2D eigenvalue weighted by molar-refractivity contribution is 7.80. The summed E-state index contributed by atoms with van der Waals surface area (Å²) in [5.74, 6) is 5.39. The van der Waals surface area contributed by atoms with Crippen molar-refractivity contribution in [1.29, 1.82) is 0 Å². The van der Waals surface area contributed by atoms with Gasteiger partial charge in [-0.25, -0.2) is 5.84 Å². The zero-order valence-electron chi connectivity index (χ0n) is 3.35. The minimum absolute atomic E-state index is 0.541. The molecule has 0 unspecified atom stereocenters. The number of nitrogens with two attached hydrogens (primary N) is 1. The number of hydrazine groups is 1. The van der Waals surface area contributed by atoms with Crippen LogP contribution in [0.2, 0.25) is 0 Å². The van der Waals surface area contributed by atoms with Gasteiger partial charge in [-0.3, -0.25) is 4.84 Å². The molecule has 0 aliphatic carbocycles. The molecule has 38 valence electrons. The molecule has 3 N–H and O–H groups in total. The number of nitrogens with one attached hydrogen (secondary N) is 1. The fourth-order valence-electron chi connectivity index (χ4n) is 0.105. The first-order valence-corrected chi connectivity index (χ1v) is 2.23. The molecular weight excluding hydrogens is 100 g/mol. The first-order valence-electron chi connectivity index (χ1n) is 1.60. The fraction of sp³-hybridized carbons (Fsp3) is 1.00. The number of thiol groups is 1. The molecule has 0 bridgehead atoms. The molecule has 4 heteroatoms. The fourth-order valence-corrected chi connectivity index (χ4v) is 0.196. The second kappa shape index (κ2) is 5.23. The van der Waals surface area contributed by atoms with E-state index >= 15 is 0 Å². The second-order valence-electron chi connectivity index (χ2n) is 0.690. The van der Waals surface area contributed by atoms with Crippen molar-refractivity contribution in [3.63, 3.8) is 0 Å². The monoisotopic (exact) mass is 108 g/mol. The van der Waals surface area contributed by atoms with Gasteiger partial charge in [0.1, 0.15) is 0 Å². The summed E-state index contributed by atoms with van der Waals surface area (Å²) in [5, 5.41) is 0. The molecule has 0 aliphatic heterocycles. The summed E-state index contributed by atoms with van der Waals surface area (Å²) in [5.41, 5.74) is 2.02. The quantitative estimate of drug-likeness (QED) is 0.194. The van der Waals surface area contributed by atoms with E-state index in [1.54, 1.807) is 0 Å². The van der Waals surface area contributed by atoms with Gasteiger partial charge in [0.05, 0.1) is 6.61 Å². The van der Waals surface area contributed by atoms with Crippen molar-refractivity contribution in [3.8, 4) is 0 Å². The van der Waals surface area contributed by atoms with Crippen LogP contribution in [0.15, 0.2) is 0 Å². The van der Waals surface area contributed by atoms with Crippen molar-refractivity contribution in [3.05, 3.63) is 0 Å². The Hall–Kier alpha value is 0.230. The Morgan fingerprint density at radius 3 is 2.67 bits per heavy atom. The highest BCUT2D eigenvalue weighted by Crippen LogP contribution is 1.68. The van der Waals surface area contributed by atoms with Crippen LogP contribution < -0.4 is 11.4 Å². The van der Waals surface area contributed by atoms with E-state index in [1.807, 2.05) is 5.59 Å². The molecule has 0 aromatic carbocycles. The smallest absolute Gasteiger partial charge is 0.0786 e. The first-order chi connectivity index (χ1) is 2.91. The first kappa shape index (κ1) is 6.23. The Labute approximate surface area is 42.2 Å². The Balaban J connectivity index is 2.34. The summed E-state index contributed by atoms with van der Waals surface area (Å²) in [7, 11) is 0. The third-order valence-electron chi connectivity index (χ3n) is 0.277. The van der Waals surface area contributed by atoms with Gasteiger partial charge in [-0.05, 0) is 0 Å². The van der Waals surface area contributed by atoms with Crippen molar-refractivity contribution >= 4 is 12.6 Å². The van der Waals surface area contributed by atoms with Crippen LogP contribution in [-0.4, -0.2) is 12.4 Å². The molecule has 0 aliphatic rings. The third-order valence-corrected chi connectivity index (χ3v) is 0.459. The van der Waals surface area contributed by atoms with Crippen LogP contribution in [0.4, 0.5) is 0 Å². The molecule has 6 heavy (non-hydrogen) atoms. The standard InChI is InChI=1S/C2H8N2OS/c3-4-5-1-2-6/h4,6H,1-3H2. The zero-order chi connectivity index (χ0) is 4.83. The van der Waals surface area contributed by atoms with E-state index in [1.165, 1.54) is 0 Å². The van der Waals surface area contributed by atoms with E-state index in [-0.39, 0.29) is 0 Å². The summed E-state index contributed by atoms with van der Waals surface area (Å²) in [6.07, 6.45) is 0. The van der Waals surface area contributed by atoms with Crippen molar-refractivity contribution in [2.75, 3.05) is 12.4 Å². The van der Waals surface area contributed by atoms with Crippen molar-refractivity contribution in [1.82, 2.24) is 5.59 Å². The SMILES string of the molecule is NNOCCS. The van der Waals surface area contributed by atoms with E-state index in [0.717, 1.165) is 0 Å². The summed E-state index contributed by atoms with van der Waals surface area (Å²) < 4.78 is 0. The van der Waals surface area contributed by atoms with E-state index in [4.69, 9.17) is 5.84 Å². The normalized spacial score (nSPS) is 9.00. The maximum absolute atomic E-state index is 4.71. The molecule has 0 radical (unpaired) electrons. The number of hydrogen-bond donors (Lipinski definition) is 3. The molecule has 0 fully saturated rings. The zero-order valence-corrected chi connectivity index (χ0v) is 4.24. The van der Waals surface area contributed by atoms with E-state index in [0.29, 0.717) is 12.4 Å². The summed E-state index contributed by atoms with van der Waals surface area (Å²) in [4.78, 5) is 4.43. The molecule has 0 saturated heterocycles. The number of rotatable bonds is 3. The molecule has 0 aromatic heterocycles. The van der Waals surface area contributed by atoms with Gasteiger partial charge in [-0.2, -0.15) is 12.6 Å². The van der Waals surface area contributed by atoms with Crippen molar-refractivity contribution < 1.29 is 4.84 Å². The van der Waals surface area contributed by atoms with Crippen molar-refractivity contribution in [2.45, 2.75) is 0 Å². The lowest BCUT2D eigenvalue weighted by molar-refractivity contribution is 0.0533. The molecule has 0 heterocycles. The van der Waals surface area contributed by atoms with Gasteiger partial charge in [0, 0.05) is 5.75 Å². The van der Waals surface area contributed by atoms with Gasteiger partial charge in [0.2, 0.25) is 0 Å². The predicted octanol–water partition coefficient (Wildman–Crippen LogP) is -0.689. The Bertz CT molecular complexity index is 23.5. The van der Waals surface area contributed by atoms with E-state index < -0.39 is 0 Å². The molecule has 0 aromatic rings. The lowest BCUT2D eigenvalue weighted by Gasteiger charge is -1.92. The van der Waals surface area contributed by atoms with Crippen LogP contribution in [-0.2, 0) is 4.84 Å². The maximum atomic E-state index is 4.71. The molecule has 0 atom stereocenters. The van der Waals surface area contributed by atoms with Crippen LogP contribution in [0.25, 0.3) is 0 Å². The van der Waals surface area contributed by atoms with Gasteiger partial charge < -0.3 is 0 Å². The number of hydrogen-bond acceptors (Lipinski definition) is 4. The largest absolute Gasteiger partial charge is 0.286 e. The highest BCUT2D eigenvalue weighted by atomic mass is 32.1. The van der Waals surface area contributed by atoms with Crippen LogP contribution in [0, 0.1) is 0 Å². The minimum Gasteiger partial charge on any atom is -0.286 e. The lowest BCUT2D eigenvalue weighted by Crippen LogP contribution is -2.22. The Kier molecular flexibility index (Phi) is 5.43. The van der Waals surface area contributed by atoms with E-state index in [2.05, 4.69) is 17.5 Å². The van der Waals surface area contributed by atoms with Crippen molar-refractivity contribution in [2.24, 2.45) is 5.84 Å². The third kappa shape index (κ3) is 4.23. The van der Waals surface area contributed by atoms with Gasteiger partial charge in [-0.1, -0.05) is 0 Å². The Morgan fingerprint density at radius 2 is 2.50 bits per heavy atom. The summed E-state index contributed by atoms with van der Waals surface area (Å²) in [6, 6.07) is 0. The average molecular weight is 108 g/mol. The minimum atomic E-state index is 0.541. The van der Waals surface area contributed by atoms with Gasteiger partial charge in [-0.15, -0.1) is 5.59 Å².